The zero-order valence-electron chi connectivity index (χ0n) is 10.4. The minimum Gasteiger partial charge on any atom is -0.369 e. The highest BCUT2D eigenvalue weighted by molar-refractivity contribution is 5.58. The first-order valence-corrected chi connectivity index (χ1v) is 5.91. The molecule has 0 aliphatic heterocycles. The van der Waals surface area contributed by atoms with Crippen molar-refractivity contribution in [1.82, 2.24) is 15.3 Å². The van der Waals surface area contributed by atoms with E-state index in [1.807, 2.05) is 43.4 Å². The molecule has 5 heteroatoms. The Morgan fingerprint density at radius 2 is 1.78 bits per heavy atom. The summed E-state index contributed by atoms with van der Waals surface area (Å²) >= 11 is 0. The second-order valence-corrected chi connectivity index (χ2v) is 3.81. The number of para-hydroxylation sites is 1. The Morgan fingerprint density at radius 1 is 1.00 bits per heavy atom. The molecule has 0 aliphatic rings. The van der Waals surface area contributed by atoms with Gasteiger partial charge < -0.3 is 16.0 Å². The average molecular weight is 243 g/mol. The van der Waals surface area contributed by atoms with Gasteiger partial charge in [-0.3, -0.25) is 0 Å². The van der Waals surface area contributed by atoms with Crippen LogP contribution >= 0.6 is 0 Å². The topological polar surface area (TPSA) is 61.9 Å². The molecule has 0 aliphatic carbocycles. The van der Waals surface area contributed by atoms with Crippen LogP contribution in [0.25, 0.3) is 0 Å². The van der Waals surface area contributed by atoms with Crippen LogP contribution in [0.1, 0.15) is 0 Å². The van der Waals surface area contributed by atoms with Gasteiger partial charge in [-0.1, -0.05) is 18.2 Å². The van der Waals surface area contributed by atoms with Crippen molar-refractivity contribution in [2.24, 2.45) is 0 Å². The van der Waals surface area contributed by atoms with Crippen molar-refractivity contribution < 1.29 is 0 Å². The molecule has 0 amide bonds. The second-order valence-electron chi connectivity index (χ2n) is 3.81. The van der Waals surface area contributed by atoms with E-state index >= 15 is 0 Å². The van der Waals surface area contributed by atoms with Crippen LogP contribution in [0.4, 0.5) is 17.3 Å². The molecule has 0 spiro atoms. The smallest absolute Gasteiger partial charge is 0.135 e. The van der Waals surface area contributed by atoms with E-state index < -0.39 is 0 Å². The lowest BCUT2D eigenvalue weighted by Gasteiger charge is -2.08. The van der Waals surface area contributed by atoms with Crippen molar-refractivity contribution in [2.75, 3.05) is 30.8 Å². The molecule has 3 N–H and O–H groups in total. The van der Waals surface area contributed by atoms with Gasteiger partial charge >= 0.3 is 0 Å². The van der Waals surface area contributed by atoms with Crippen LogP contribution in [-0.4, -0.2) is 30.1 Å². The van der Waals surface area contributed by atoms with E-state index in [1.54, 1.807) is 6.33 Å². The van der Waals surface area contributed by atoms with Gasteiger partial charge in [0.1, 0.15) is 18.0 Å². The number of nitrogens with one attached hydrogen (secondary N) is 3. The number of nitrogens with zero attached hydrogens (tertiary/aromatic N) is 2. The molecule has 0 fully saturated rings. The van der Waals surface area contributed by atoms with Crippen LogP contribution in [0.5, 0.6) is 0 Å². The van der Waals surface area contributed by atoms with Crippen LogP contribution in [0.3, 0.4) is 0 Å². The monoisotopic (exact) mass is 243 g/mol. The summed E-state index contributed by atoms with van der Waals surface area (Å²) in [5.74, 6) is 1.60. The molecule has 0 bridgehead atoms. The number of rotatable bonds is 6. The molecule has 2 rings (SSSR count). The minimum absolute atomic E-state index is 0.781. The molecule has 94 valence electrons. The number of hydrogen-bond donors (Lipinski definition) is 3. The fourth-order valence-corrected chi connectivity index (χ4v) is 1.51. The van der Waals surface area contributed by atoms with Gasteiger partial charge in [0.2, 0.25) is 0 Å². The van der Waals surface area contributed by atoms with Gasteiger partial charge in [0, 0.05) is 24.8 Å². The molecule has 1 heterocycles. The van der Waals surface area contributed by atoms with Gasteiger partial charge in [0.15, 0.2) is 0 Å². The molecule has 18 heavy (non-hydrogen) atoms. The Balaban J connectivity index is 1.99. The van der Waals surface area contributed by atoms with Crippen molar-refractivity contribution >= 4 is 17.3 Å². The summed E-state index contributed by atoms with van der Waals surface area (Å²) in [4.78, 5) is 8.35. The SMILES string of the molecule is CNCCNc1cc(Nc2ccccc2)ncn1. The van der Waals surface area contributed by atoms with Gasteiger partial charge in [-0.15, -0.1) is 0 Å². The van der Waals surface area contributed by atoms with Crippen LogP contribution in [0.2, 0.25) is 0 Å². The predicted molar refractivity (Wildman–Crippen MR) is 74.2 cm³/mol. The summed E-state index contributed by atoms with van der Waals surface area (Å²) in [6.07, 6.45) is 1.55. The maximum absolute atomic E-state index is 4.19. The quantitative estimate of drug-likeness (QED) is 0.676. The largest absolute Gasteiger partial charge is 0.369 e. The third-order valence-corrected chi connectivity index (χ3v) is 2.39. The van der Waals surface area contributed by atoms with Crippen molar-refractivity contribution in [3.05, 3.63) is 42.7 Å². The fraction of sp³-hybridized carbons (Fsp3) is 0.231. The Bertz CT molecular complexity index is 472. The molecule has 5 nitrogen and oxygen atoms in total. The molecule has 1 aromatic heterocycles. The molecule has 0 atom stereocenters. The van der Waals surface area contributed by atoms with Gasteiger partial charge in [-0.05, 0) is 19.2 Å². The third-order valence-electron chi connectivity index (χ3n) is 2.39. The van der Waals surface area contributed by atoms with Crippen molar-refractivity contribution in [3.8, 4) is 0 Å². The lowest BCUT2D eigenvalue weighted by molar-refractivity contribution is 0.821. The van der Waals surface area contributed by atoms with Gasteiger partial charge in [-0.25, -0.2) is 9.97 Å². The standard InChI is InChI=1S/C13H17N5/c1-14-7-8-15-12-9-13(17-10-16-12)18-11-5-3-2-4-6-11/h2-6,9-10,14H,7-8H2,1H3,(H2,15,16,17,18). The van der Waals surface area contributed by atoms with Crippen LogP contribution < -0.4 is 16.0 Å². The van der Waals surface area contributed by atoms with Crippen LogP contribution in [0.15, 0.2) is 42.7 Å². The Labute approximate surface area is 107 Å². The normalized spacial score (nSPS) is 10.1. The van der Waals surface area contributed by atoms with E-state index in [4.69, 9.17) is 0 Å². The zero-order chi connectivity index (χ0) is 12.6. The lowest BCUT2D eigenvalue weighted by Crippen LogP contribution is -2.18. The molecule has 2 aromatic rings. The molecular formula is C13H17N5. The average Bonchev–Trinajstić information content (AvgIpc) is 2.41. The third kappa shape index (κ3) is 3.71. The summed E-state index contributed by atoms with van der Waals surface area (Å²) in [7, 11) is 1.92. The van der Waals surface area contributed by atoms with E-state index in [0.29, 0.717) is 0 Å². The fourth-order valence-electron chi connectivity index (χ4n) is 1.51. The highest BCUT2D eigenvalue weighted by atomic mass is 15.1. The summed E-state index contributed by atoms with van der Waals surface area (Å²) < 4.78 is 0. The molecule has 0 unspecified atom stereocenters. The summed E-state index contributed by atoms with van der Waals surface area (Å²) in [5, 5.41) is 9.52. The van der Waals surface area contributed by atoms with Gasteiger partial charge in [0.25, 0.3) is 0 Å². The molecular weight excluding hydrogens is 226 g/mol. The zero-order valence-corrected chi connectivity index (χ0v) is 10.4. The van der Waals surface area contributed by atoms with Crippen LogP contribution in [-0.2, 0) is 0 Å². The first kappa shape index (κ1) is 12.3. The number of likely N-dealkylation sites (N-methyl/N-ethyl adjacent to an activating group) is 1. The van der Waals surface area contributed by atoms with Crippen molar-refractivity contribution in [2.45, 2.75) is 0 Å². The van der Waals surface area contributed by atoms with E-state index in [9.17, 15) is 0 Å². The highest BCUT2D eigenvalue weighted by Gasteiger charge is 1.98. The van der Waals surface area contributed by atoms with Crippen molar-refractivity contribution in [3.63, 3.8) is 0 Å². The maximum atomic E-state index is 4.19. The van der Waals surface area contributed by atoms with E-state index in [-0.39, 0.29) is 0 Å². The summed E-state index contributed by atoms with van der Waals surface area (Å²) in [5.41, 5.74) is 1.01. The first-order valence-electron chi connectivity index (χ1n) is 5.91. The van der Waals surface area contributed by atoms with Gasteiger partial charge in [-0.2, -0.15) is 0 Å². The predicted octanol–water partition coefficient (Wildman–Crippen LogP) is 1.85. The van der Waals surface area contributed by atoms with E-state index in [1.165, 1.54) is 0 Å². The first-order chi connectivity index (χ1) is 8.88. The Hall–Kier alpha value is -2.14. The molecule has 1 aromatic carbocycles. The summed E-state index contributed by atoms with van der Waals surface area (Å²) in [6.45, 7) is 1.73. The lowest BCUT2D eigenvalue weighted by atomic mass is 10.3. The minimum atomic E-state index is 0.781. The number of benzene rings is 1. The number of hydrogen-bond acceptors (Lipinski definition) is 5. The molecule has 0 saturated heterocycles. The second kappa shape index (κ2) is 6.56. The highest BCUT2D eigenvalue weighted by Crippen LogP contribution is 2.15. The Kier molecular flexibility index (Phi) is 4.49. The summed E-state index contributed by atoms with van der Waals surface area (Å²) in [6, 6.07) is 11.8. The van der Waals surface area contributed by atoms with E-state index in [0.717, 1.165) is 30.4 Å². The van der Waals surface area contributed by atoms with Gasteiger partial charge in [0.05, 0.1) is 0 Å². The molecule has 0 radical (unpaired) electrons. The Morgan fingerprint density at radius 3 is 2.56 bits per heavy atom. The van der Waals surface area contributed by atoms with Crippen LogP contribution in [0, 0.1) is 0 Å². The maximum Gasteiger partial charge on any atom is 0.135 e. The number of aromatic nitrogens is 2. The van der Waals surface area contributed by atoms with Crippen molar-refractivity contribution in [1.29, 1.82) is 0 Å². The van der Waals surface area contributed by atoms with E-state index in [2.05, 4.69) is 25.9 Å². The molecule has 0 saturated carbocycles. The number of anilines is 3.